The molecule has 0 aliphatic heterocycles. The van der Waals surface area contributed by atoms with Crippen molar-refractivity contribution >= 4 is 0 Å². The van der Waals surface area contributed by atoms with E-state index in [-0.39, 0.29) is 0 Å². The van der Waals surface area contributed by atoms with Crippen molar-refractivity contribution in [2.45, 2.75) is 60.5 Å². The van der Waals surface area contributed by atoms with Crippen LogP contribution in [0.4, 0.5) is 92.2 Å². The van der Waals surface area contributed by atoms with Gasteiger partial charge < -0.3 is 4.74 Å². The van der Waals surface area contributed by atoms with Gasteiger partial charge in [0.15, 0.2) is 0 Å². The SMILES string of the molecule is COCCC(F)(F)C(F)(F)C(F)(C(F)(F)F)C(F)(F)C(F)(F)C(C(F)(F)F)(C(F)(F)F)C(F)(F)F. The van der Waals surface area contributed by atoms with Crippen LogP contribution in [0.3, 0.4) is 0 Å². The van der Waals surface area contributed by atoms with Gasteiger partial charge in [0, 0.05) is 13.5 Å². The summed E-state index contributed by atoms with van der Waals surface area (Å²) in [7, 11) is 0.299. The maximum absolute atomic E-state index is 14.2. The molecule has 1 nitrogen and oxygen atoms in total. The number of methoxy groups -OCH3 is 1. The Morgan fingerprint density at radius 2 is 0.743 bits per heavy atom. The van der Waals surface area contributed by atoms with Crippen molar-refractivity contribution in [3.05, 3.63) is 0 Å². The predicted octanol–water partition coefficient (Wildman–Crippen LogP) is 7.51. The maximum atomic E-state index is 14.2. The molecule has 22 heteroatoms. The molecule has 0 heterocycles. The number of alkyl halides is 21. The highest BCUT2D eigenvalue weighted by molar-refractivity contribution is 5.23. The van der Waals surface area contributed by atoms with Crippen molar-refractivity contribution < 1.29 is 96.9 Å². The molecule has 0 amide bonds. The molecule has 0 aromatic rings. The van der Waals surface area contributed by atoms with Crippen LogP contribution < -0.4 is 0 Å². The van der Waals surface area contributed by atoms with E-state index in [0.29, 0.717) is 7.11 Å². The largest absolute Gasteiger partial charge is 0.435 e. The van der Waals surface area contributed by atoms with Crippen LogP contribution in [0.5, 0.6) is 0 Å². The Morgan fingerprint density at radius 3 is 0.971 bits per heavy atom. The quantitative estimate of drug-likeness (QED) is 0.271. The number of rotatable bonds is 8. The van der Waals surface area contributed by atoms with E-state index in [1.165, 1.54) is 0 Å². The molecule has 0 fully saturated rings. The fourth-order valence-electron chi connectivity index (χ4n) is 2.66. The molecule has 1 unspecified atom stereocenters. The Kier molecular flexibility index (Phi) is 8.15. The van der Waals surface area contributed by atoms with E-state index in [0.717, 1.165) is 0 Å². The van der Waals surface area contributed by atoms with Gasteiger partial charge >= 0.3 is 59.5 Å². The lowest BCUT2D eigenvalue weighted by Crippen LogP contribution is -2.82. The summed E-state index contributed by atoms with van der Waals surface area (Å²) in [5.74, 6) is -34.6. The predicted molar refractivity (Wildman–Crippen MR) is 66.8 cm³/mol. The van der Waals surface area contributed by atoms with Crippen molar-refractivity contribution in [3.8, 4) is 0 Å². The van der Waals surface area contributed by atoms with Gasteiger partial charge in [-0.1, -0.05) is 0 Å². The fourth-order valence-corrected chi connectivity index (χ4v) is 2.66. The Morgan fingerprint density at radius 1 is 0.429 bits per heavy atom. The maximum Gasteiger partial charge on any atom is 0.435 e. The molecular formula is C13H7F21O. The zero-order chi connectivity index (χ0) is 29.1. The molecule has 0 bridgehead atoms. The first-order valence-electron chi connectivity index (χ1n) is 7.77. The average molecular weight is 578 g/mol. The first-order chi connectivity index (χ1) is 14.8. The van der Waals surface area contributed by atoms with Gasteiger partial charge in [0.2, 0.25) is 0 Å². The Hall–Kier alpha value is -1.51. The molecule has 0 radical (unpaired) electrons. The van der Waals surface area contributed by atoms with Gasteiger partial charge in [-0.15, -0.1) is 0 Å². The van der Waals surface area contributed by atoms with Gasteiger partial charge in [0.1, 0.15) is 0 Å². The average Bonchev–Trinajstić information content (AvgIpc) is 2.53. The second kappa shape index (κ2) is 8.52. The topological polar surface area (TPSA) is 9.23 Å². The summed E-state index contributed by atoms with van der Waals surface area (Å²) in [6, 6.07) is 0. The van der Waals surface area contributed by atoms with E-state index in [4.69, 9.17) is 0 Å². The van der Waals surface area contributed by atoms with Crippen molar-refractivity contribution in [3.63, 3.8) is 0 Å². The smallest absolute Gasteiger partial charge is 0.384 e. The van der Waals surface area contributed by atoms with Crippen LogP contribution in [0.1, 0.15) is 6.42 Å². The van der Waals surface area contributed by atoms with E-state index >= 15 is 0 Å². The minimum absolute atomic E-state index is 0.299. The first kappa shape index (κ1) is 33.5. The normalized spacial score (nSPS) is 18.0. The molecule has 1 atom stereocenters. The molecule has 0 saturated carbocycles. The third-order valence-corrected chi connectivity index (χ3v) is 4.48. The van der Waals surface area contributed by atoms with Crippen molar-refractivity contribution in [2.24, 2.45) is 5.41 Å². The van der Waals surface area contributed by atoms with Crippen LogP contribution in [0.2, 0.25) is 0 Å². The lowest BCUT2D eigenvalue weighted by Gasteiger charge is -2.50. The Bertz CT molecular complexity index is 700. The Labute approximate surface area is 178 Å². The first-order valence-corrected chi connectivity index (χ1v) is 7.77. The number of ether oxygens (including phenoxy) is 1. The summed E-state index contributed by atoms with van der Waals surface area (Å²) in [5.41, 5.74) is -18.5. The minimum atomic E-state index is -9.63. The van der Waals surface area contributed by atoms with Gasteiger partial charge in [-0.2, -0.15) is 87.8 Å². The molecule has 0 spiro atoms. The number of hydrogen-bond donors (Lipinski definition) is 0. The summed E-state index contributed by atoms with van der Waals surface area (Å²) in [6.07, 6.45) is -38.2. The zero-order valence-electron chi connectivity index (χ0n) is 15.8. The second-order valence-electron chi connectivity index (χ2n) is 6.57. The number of halogens is 21. The summed E-state index contributed by atoms with van der Waals surface area (Å²) in [4.78, 5) is 0. The van der Waals surface area contributed by atoms with Gasteiger partial charge in [0.05, 0.1) is 6.61 Å². The van der Waals surface area contributed by atoms with Crippen molar-refractivity contribution in [1.29, 1.82) is 0 Å². The van der Waals surface area contributed by atoms with Gasteiger partial charge in [0.25, 0.3) is 0 Å². The minimum Gasteiger partial charge on any atom is -0.384 e. The lowest BCUT2D eigenvalue weighted by atomic mass is 9.69. The van der Waals surface area contributed by atoms with Crippen LogP contribution in [-0.4, -0.2) is 67.8 Å². The molecule has 0 aromatic heterocycles. The van der Waals surface area contributed by atoms with Gasteiger partial charge in [-0.05, 0) is 0 Å². The summed E-state index contributed by atoms with van der Waals surface area (Å²) < 4.78 is 282. The molecule has 35 heavy (non-hydrogen) atoms. The standard InChI is InChI=1S/C13H7F21O/c1-35-3-2-4(14,15)7(17,18)6(16,13(32,33)34)9(21,22)8(19,20)5(10(23,24)25,11(26,27)28)12(29,30)31/h2-3H2,1H3. The monoisotopic (exact) mass is 578 g/mol. The van der Waals surface area contributed by atoms with Crippen LogP contribution in [-0.2, 0) is 4.74 Å². The Balaban J connectivity index is 7.93. The van der Waals surface area contributed by atoms with E-state index in [1.54, 1.807) is 0 Å². The highest BCUT2D eigenvalue weighted by atomic mass is 19.4. The van der Waals surface area contributed by atoms with Crippen molar-refractivity contribution in [2.75, 3.05) is 13.7 Å². The van der Waals surface area contributed by atoms with Gasteiger partial charge in [-0.3, -0.25) is 0 Å². The summed E-state index contributed by atoms with van der Waals surface area (Å²) >= 11 is 0. The van der Waals surface area contributed by atoms with Crippen LogP contribution in [0.25, 0.3) is 0 Å². The molecule has 0 N–H and O–H groups in total. The highest BCUT2D eigenvalue weighted by Crippen LogP contribution is 2.73. The van der Waals surface area contributed by atoms with E-state index in [1.807, 2.05) is 0 Å². The molecule has 212 valence electrons. The van der Waals surface area contributed by atoms with Crippen LogP contribution in [0, 0.1) is 5.41 Å². The highest BCUT2D eigenvalue weighted by Gasteiger charge is 3.03. The zero-order valence-corrected chi connectivity index (χ0v) is 15.8. The molecule has 0 rings (SSSR count). The van der Waals surface area contributed by atoms with E-state index in [9.17, 15) is 92.2 Å². The fraction of sp³-hybridized carbons (Fsp3) is 1.00. The molecule has 0 aliphatic carbocycles. The van der Waals surface area contributed by atoms with Crippen molar-refractivity contribution in [1.82, 2.24) is 0 Å². The molecule has 0 saturated heterocycles. The van der Waals surface area contributed by atoms with E-state index in [2.05, 4.69) is 4.74 Å². The van der Waals surface area contributed by atoms with E-state index < -0.39 is 72.5 Å². The van der Waals surface area contributed by atoms with Gasteiger partial charge in [-0.25, -0.2) is 4.39 Å². The third-order valence-electron chi connectivity index (χ3n) is 4.48. The molecular weight excluding hydrogens is 571 g/mol. The second-order valence-corrected chi connectivity index (χ2v) is 6.57. The van der Waals surface area contributed by atoms with Crippen LogP contribution >= 0.6 is 0 Å². The summed E-state index contributed by atoms with van der Waals surface area (Å²) in [5, 5.41) is 0. The molecule has 0 aliphatic rings. The number of hydrogen-bond acceptors (Lipinski definition) is 1. The summed E-state index contributed by atoms with van der Waals surface area (Å²) in [6.45, 7) is -1.93. The third kappa shape index (κ3) is 4.23. The molecule has 0 aromatic carbocycles. The van der Waals surface area contributed by atoms with Crippen LogP contribution in [0.15, 0.2) is 0 Å². The lowest BCUT2D eigenvalue weighted by molar-refractivity contribution is -0.520.